The Morgan fingerprint density at radius 2 is 2.15 bits per heavy atom. The number of hydrogen-bond donors (Lipinski definition) is 3. The van der Waals surface area contributed by atoms with Crippen LogP contribution in [0.15, 0.2) is 23.1 Å². The van der Waals surface area contributed by atoms with Gasteiger partial charge < -0.3 is 10.1 Å². The van der Waals surface area contributed by atoms with E-state index in [9.17, 15) is 23.3 Å². The number of anilines is 1. The number of hydrazine groups is 1. The molecule has 0 radical (unpaired) electrons. The number of nitrogens with one attached hydrogen (secondary N) is 3. The highest BCUT2D eigenvalue weighted by molar-refractivity contribution is 7.90. The number of aromatic nitrogens is 1. The first-order valence-corrected chi connectivity index (χ1v) is 10.0. The van der Waals surface area contributed by atoms with E-state index in [1.807, 2.05) is 0 Å². The minimum atomic E-state index is -3.36. The molecule has 3 unspecified atom stereocenters. The predicted molar refractivity (Wildman–Crippen MR) is 93.0 cm³/mol. The van der Waals surface area contributed by atoms with E-state index in [2.05, 4.69) is 21.2 Å². The fraction of sp³-hybridized carbons (Fsp3) is 0.385. The van der Waals surface area contributed by atoms with Gasteiger partial charge in [0, 0.05) is 18.3 Å². The third kappa shape index (κ3) is 3.52. The van der Waals surface area contributed by atoms with Crippen molar-refractivity contribution in [2.45, 2.75) is 23.2 Å². The largest absolute Gasteiger partial charge is 0.358 e. The zero-order valence-electron chi connectivity index (χ0n) is 13.6. The molecule has 1 aromatic heterocycles. The predicted octanol–water partition coefficient (Wildman–Crippen LogP) is -0.267. The maximum absolute atomic E-state index is 12.4. The molecular formula is C13H15N5O6S2. The molecule has 1 aliphatic heterocycles. The molecule has 0 bridgehead atoms. The molecule has 1 fully saturated rings. The zero-order chi connectivity index (χ0) is 19.1. The fourth-order valence-electron chi connectivity index (χ4n) is 2.54. The molecule has 1 aromatic carbocycles. The number of sulfone groups is 1. The molecular weight excluding hydrogens is 386 g/mol. The van der Waals surface area contributed by atoms with Crippen LogP contribution < -0.4 is 16.2 Å². The molecule has 2 heterocycles. The van der Waals surface area contributed by atoms with Crippen LogP contribution >= 0.6 is 11.3 Å². The van der Waals surface area contributed by atoms with E-state index in [0.717, 1.165) is 17.6 Å². The molecule has 26 heavy (non-hydrogen) atoms. The summed E-state index contributed by atoms with van der Waals surface area (Å²) in [5.74, 6) is -0.652. The second-order valence-corrected chi connectivity index (χ2v) is 8.65. The normalized spacial score (nSPS) is 23.2. The number of ether oxygens (including phenoxy) is 1. The van der Waals surface area contributed by atoms with Crippen LogP contribution in [0.3, 0.4) is 0 Å². The maximum atomic E-state index is 12.4. The van der Waals surface area contributed by atoms with E-state index in [4.69, 9.17) is 4.74 Å². The summed E-state index contributed by atoms with van der Waals surface area (Å²) in [4.78, 5) is 27.3. The number of carbonyl (C=O) groups excluding carboxylic acids is 1. The fourth-order valence-corrected chi connectivity index (χ4v) is 4.17. The van der Waals surface area contributed by atoms with Gasteiger partial charge >= 0.3 is 0 Å². The van der Waals surface area contributed by atoms with Gasteiger partial charge in [0.1, 0.15) is 0 Å². The molecule has 2 aromatic rings. The van der Waals surface area contributed by atoms with Crippen molar-refractivity contribution in [1.82, 2.24) is 15.8 Å². The number of benzene rings is 1. The van der Waals surface area contributed by atoms with Gasteiger partial charge in [-0.3, -0.25) is 14.9 Å². The third-order valence-electron chi connectivity index (χ3n) is 3.83. The summed E-state index contributed by atoms with van der Waals surface area (Å²) in [5.41, 5.74) is 5.60. The van der Waals surface area contributed by atoms with E-state index < -0.39 is 39.0 Å². The summed E-state index contributed by atoms with van der Waals surface area (Å²) in [6.07, 6.45) is 0.147. The molecule has 13 heteroatoms. The Hall–Kier alpha value is -2.19. The number of fused-ring (bicyclic) bond motifs is 1. The van der Waals surface area contributed by atoms with Crippen LogP contribution in [0.2, 0.25) is 0 Å². The van der Waals surface area contributed by atoms with E-state index in [0.29, 0.717) is 10.2 Å². The van der Waals surface area contributed by atoms with E-state index in [1.165, 1.54) is 25.3 Å². The first-order valence-electron chi connectivity index (χ1n) is 7.29. The number of nitrogens with zero attached hydrogens (tertiary/aromatic N) is 2. The average Bonchev–Trinajstić information content (AvgIpc) is 3.16. The highest BCUT2D eigenvalue weighted by atomic mass is 32.2. The van der Waals surface area contributed by atoms with Gasteiger partial charge in [-0.1, -0.05) is 11.3 Å². The van der Waals surface area contributed by atoms with E-state index in [1.54, 1.807) is 0 Å². The van der Waals surface area contributed by atoms with Gasteiger partial charge in [-0.2, -0.15) is 0 Å². The Morgan fingerprint density at radius 1 is 1.42 bits per heavy atom. The Morgan fingerprint density at radius 3 is 2.77 bits per heavy atom. The highest BCUT2D eigenvalue weighted by Gasteiger charge is 2.49. The lowest BCUT2D eigenvalue weighted by atomic mass is 10.1. The van der Waals surface area contributed by atoms with Crippen LogP contribution in [0, 0.1) is 10.1 Å². The zero-order valence-corrected chi connectivity index (χ0v) is 15.3. The average molecular weight is 401 g/mol. The number of thiazole rings is 1. The van der Waals surface area contributed by atoms with Crippen LogP contribution in [-0.4, -0.2) is 55.9 Å². The van der Waals surface area contributed by atoms with E-state index >= 15 is 0 Å². The summed E-state index contributed by atoms with van der Waals surface area (Å²) in [5, 5.41) is 13.9. The van der Waals surface area contributed by atoms with Crippen molar-refractivity contribution >= 4 is 42.4 Å². The quantitative estimate of drug-likeness (QED) is 0.454. The van der Waals surface area contributed by atoms with Crippen molar-refractivity contribution in [2.75, 3.05) is 18.7 Å². The van der Waals surface area contributed by atoms with Crippen molar-refractivity contribution < 1.29 is 22.9 Å². The van der Waals surface area contributed by atoms with Crippen LogP contribution in [0.25, 0.3) is 10.2 Å². The van der Waals surface area contributed by atoms with Gasteiger partial charge in [0.2, 0.25) is 0 Å². The summed E-state index contributed by atoms with van der Waals surface area (Å²) in [6.45, 7) is 0. The lowest BCUT2D eigenvalue weighted by Gasteiger charge is -2.13. The van der Waals surface area contributed by atoms with Crippen molar-refractivity contribution in [3.8, 4) is 0 Å². The minimum Gasteiger partial charge on any atom is -0.358 e. The van der Waals surface area contributed by atoms with Crippen molar-refractivity contribution in [1.29, 1.82) is 0 Å². The molecule has 1 aliphatic rings. The molecule has 0 spiro atoms. The van der Waals surface area contributed by atoms with Crippen molar-refractivity contribution in [2.24, 2.45) is 0 Å². The molecule has 1 saturated heterocycles. The molecule has 3 atom stereocenters. The number of nitro groups is 1. The van der Waals surface area contributed by atoms with Gasteiger partial charge in [-0.25, -0.2) is 24.3 Å². The van der Waals surface area contributed by atoms with E-state index in [-0.39, 0.29) is 10.0 Å². The molecule has 0 saturated carbocycles. The molecule has 3 rings (SSSR count). The molecule has 140 valence electrons. The van der Waals surface area contributed by atoms with Crippen LogP contribution in [0.5, 0.6) is 0 Å². The van der Waals surface area contributed by atoms with Gasteiger partial charge in [-0.05, 0) is 18.2 Å². The monoisotopic (exact) mass is 401 g/mol. The second-order valence-electron chi connectivity index (χ2n) is 5.61. The molecule has 3 N–H and O–H groups in total. The van der Waals surface area contributed by atoms with Gasteiger partial charge in [0.15, 0.2) is 27.2 Å². The Labute approximate surface area is 151 Å². The Kier molecular flexibility index (Phi) is 4.90. The topological polar surface area (TPSA) is 153 Å². The lowest BCUT2D eigenvalue weighted by molar-refractivity contribution is -0.532. The first kappa shape index (κ1) is 18.6. The van der Waals surface area contributed by atoms with Gasteiger partial charge in [-0.15, -0.1) is 0 Å². The number of hydrogen-bond acceptors (Lipinski definition) is 10. The van der Waals surface area contributed by atoms with Crippen molar-refractivity contribution in [3.05, 3.63) is 28.3 Å². The maximum Gasteiger partial charge on any atom is 0.278 e. The summed E-state index contributed by atoms with van der Waals surface area (Å²) in [6, 6.07) is 1.96. The summed E-state index contributed by atoms with van der Waals surface area (Å²) in [7, 11) is -2.07. The SMILES string of the molecule is COC1NNC(C(=O)Nc2nc3ccc(S(C)(=O)=O)cc3s2)C1[N+](=O)[O-]. The lowest BCUT2D eigenvalue weighted by Crippen LogP contribution is -2.47. The van der Waals surface area contributed by atoms with Crippen LogP contribution in [0.1, 0.15) is 0 Å². The number of methoxy groups -OCH3 is 1. The number of rotatable bonds is 5. The number of amides is 1. The molecule has 0 aliphatic carbocycles. The minimum absolute atomic E-state index is 0.143. The molecule has 11 nitrogen and oxygen atoms in total. The summed E-state index contributed by atoms with van der Waals surface area (Å²) >= 11 is 1.07. The molecule has 1 amide bonds. The highest BCUT2D eigenvalue weighted by Crippen LogP contribution is 2.28. The Balaban J connectivity index is 1.82. The smallest absolute Gasteiger partial charge is 0.278 e. The Bertz CT molecular complexity index is 975. The van der Waals surface area contributed by atoms with Gasteiger partial charge in [0.25, 0.3) is 11.9 Å². The van der Waals surface area contributed by atoms with Crippen LogP contribution in [-0.2, 0) is 19.4 Å². The first-order chi connectivity index (χ1) is 12.2. The van der Waals surface area contributed by atoms with Gasteiger partial charge in [0.05, 0.1) is 15.1 Å². The second kappa shape index (κ2) is 6.85. The van der Waals surface area contributed by atoms with Crippen molar-refractivity contribution in [3.63, 3.8) is 0 Å². The summed E-state index contributed by atoms with van der Waals surface area (Å²) < 4.78 is 28.7. The van der Waals surface area contributed by atoms with Crippen LogP contribution in [0.4, 0.5) is 5.13 Å². The number of carbonyl (C=O) groups is 1. The third-order valence-corrected chi connectivity index (χ3v) is 5.87. The standard InChI is InChI=1S/C13H15N5O6S2/c1-24-12-10(18(20)21)9(16-17-12)11(19)15-13-14-7-4-3-6(26(2,22)23)5-8(7)25-13/h3-5,9-10,12,16-17H,1-2H3,(H,14,15,19).